The molecule has 76 valence electrons. The standard InChI is InChI=1S/C11H22N2/c1-10-8-12-6-5-11(10)4-3-7-13(2)9-11/h10,12H,3-9H2,1-2H3. The predicted molar refractivity (Wildman–Crippen MR) is 55.8 cm³/mol. The van der Waals surface area contributed by atoms with Crippen molar-refractivity contribution in [3.8, 4) is 0 Å². The first-order chi connectivity index (χ1) is 6.23. The zero-order valence-electron chi connectivity index (χ0n) is 8.97. The van der Waals surface area contributed by atoms with E-state index in [4.69, 9.17) is 0 Å². The third-order valence-electron chi connectivity index (χ3n) is 4.09. The third kappa shape index (κ3) is 1.75. The maximum Gasteiger partial charge on any atom is 0.00384 e. The van der Waals surface area contributed by atoms with Crippen LogP contribution in [0.3, 0.4) is 0 Å². The maximum atomic E-state index is 3.50. The van der Waals surface area contributed by atoms with Crippen LogP contribution in [0.2, 0.25) is 0 Å². The van der Waals surface area contributed by atoms with Crippen LogP contribution in [0.4, 0.5) is 0 Å². The van der Waals surface area contributed by atoms with Crippen molar-refractivity contribution in [2.75, 3.05) is 33.2 Å². The molecular weight excluding hydrogens is 160 g/mol. The van der Waals surface area contributed by atoms with Crippen LogP contribution in [0.25, 0.3) is 0 Å². The van der Waals surface area contributed by atoms with Gasteiger partial charge in [-0.15, -0.1) is 0 Å². The Labute approximate surface area is 81.7 Å². The van der Waals surface area contributed by atoms with E-state index < -0.39 is 0 Å². The molecule has 2 heterocycles. The lowest BCUT2D eigenvalue weighted by Crippen LogP contribution is -2.52. The van der Waals surface area contributed by atoms with E-state index in [1.807, 2.05) is 0 Å². The van der Waals surface area contributed by atoms with Crippen LogP contribution in [-0.2, 0) is 0 Å². The lowest BCUT2D eigenvalue weighted by atomic mass is 9.67. The zero-order valence-corrected chi connectivity index (χ0v) is 8.97. The van der Waals surface area contributed by atoms with Gasteiger partial charge in [0.25, 0.3) is 0 Å². The molecule has 2 saturated heterocycles. The van der Waals surface area contributed by atoms with Crippen LogP contribution in [0, 0.1) is 11.3 Å². The number of piperidine rings is 2. The van der Waals surface area contributed by atoms with E-state index in [-0.39, 0.29) is 0 Å². The summed E-state index contributed by atoms with van der Waals surface area (Å²) in [6.07, 6.45) is 4.25. The highest BCUT2D eigenvalue weighted by Gasteiger charge is 2.40. The van der Waals surface area contributed by atoms with Crippen LogP contribution in [0.1, 0.15) is 26.2 Å². The molecule has 0 aromatic rings. The molecule has 1 N–H and O–H groups in total. The minimum Gasteiger partial charge on any atom is -0.316 e. The summed E-state index contributed by atoms with van der Waals surface area (Å²) < 4.78 is 0. The molecule has 2 heteroatoms. The summed E-state index contributed by atoms with van der Waals surface area (Å²) in [7, 11) is 2.27. The Balaban J connectivity index is 2.07. The Morgan fingerprint density at radius 1 is 1.38 bits per heavy atom. The maximum absolute atomic E-state index is 3.50. The van der Waals surface area contributed by atoms with E-state index in [0.29, 0.717) is 5.41 Å². The topological polar surface area (TPSA) is 15.3 Å². The van der Waals surface area contributed by atoms with E-state index in [1.165, 1.54) is 45.4 Å². The van der Waals surface area contributed by atoms with E-state index in [9.17, 15) is 0 Å². The smallest absolute Gasteiger partial charge is 0.00384 e. The van der Waals surface area contributed by atoms with Crippen molar-refractivity contribution in [2.45, 2.75) is 26.2 Å². The molecule has 2 atom stereocenters. The minimum atomic E-state index is 0.651. The Morgan fingerprint density at radius 3 is 2.92 bits per heavy atom. The zero-order chi connectivity index (χ0) is 9.31. The van der Waals surface area contributed by atoms with Crippen molar-refractivity contribution in [2.24, 2.45) is 11.3 Å². The molecule has 2 aliphatic heterocycles. The van der Waals surface area contributed by atoms with Crippen LogP contribution in [0.15, 0.2) is 0 Å². The Morgan fingerprint density at radius 2 is 2.23 bits per heavy atom. The second kappa shape index (κ2) is 3.58. The van der Waals surface area contributed by atoms with Crippen molar-refractivity contribution in [3.63, 3.8) is 0 Å². The van der Waals surface area contributed by atoms with Gasteiger partial charge in [0.1, 0.15) is 0 Å². The molecule has 0 radical (unpaired) electrons. The van der Waals surface area contributed by atoms with Gasteiger partial charge in [0.2, 0.25) is 0 Å². The molecule has 2 rings (SSSR count). The number of nitrogens with zero attached hydrogens (tertiary/aromatic N) is 1. The van der Waals surface area contributed by atoms with Gasteiger partial charge in [0, 0.05) is 6.54 Å². The second-order valence-corrected chi connectivity index (χ2v) is 5.06. The number of rotatable bonds is 0. The summed E-state index contributed by atoms with van der Waals surface area (Å²) >= 11 is 0. The van der Waals surface area contributed by atoms with E-state index in [2.05, 4.69) is 24.2 Å². The molecule has 2 aliphatic rings. The Bertz CT molecular complexity index is 177. The Kier molecular flexibility index (Phi) is 2.61. The average molecular weight is 182 g/mol. The number of likely N-dealkylation sites (tertiary alicyclic amines) is 1. The Hall–Kier alpha value is -0.0800. The van der Waals surface area contributed by atoms with Gasteiger partial charge in [-0.3, -0.25) is 0 Å². The first-order valence-corrected chi connectivity index (χ1v) is 5.62. The quantitative estimate of drug-likeness (QED) is 0.608. The highest BCUT2D eigenvalue weighted by Crippen LogP contribution is 2.41. The van der Waals surface area contributed by atoms with E-state index >= 15 is 0 Å². The van der Waals surface area contributed by atoms with E-state index in [0.717, 1.165) is 5.92 Å². The molecule has 0 aromatic carbocycles. The molecule has 1 spiro atoms. The summed E-state index contributed by atoms with van der Waals surface area (Å²) in [4.78, 5) is 2.52. The monoisotopic (exact) mass is 182 g/mol. The first-order valence-electron chi connectivity index (χ1n) is 5.62. The highest BCUT2D eigenvalue weighted by atomic mass is 15.1. The van der Waals surface area contributed by atoms with Crippen molar-refractivity contribution in [1.29, 1.82) is 0 Å². The third-order valence-corrected chi connectivity index (χ3v) is 4.09. The van der Waals surface area contributed by atoms with Gasteiger partial charge < -0.3 is 10.2 Å². The molecule has 0 aliphatic carbocycles. The number of nitrogens with one attached hydrogen (secondary N) is 1. The number of hydrogen-bond donors (Lipinski definition) is 1. The molecule has 0 bridgehead atoms. The van der Waals surface area contributed by atoms with Gasteiger partial charge in [-0.2, -0.15) is 0 Å². The van der Waals surface area contributed by atoms with Crippen molar-refractivity contribution >= 4 is 0 Å². The SMILES string of the molecule is CC1CNCCC12CCCN(C)C2. The minimum absolute atomic E-state index is 0.651. The predicted octanol–water partition coefficient (Wildman–Crippen LogP) is 1.33. The van der Waals surface area contributed by atoms with E-state index in [1.54, 1.807) is 0 Å². The van der Waals surface area contributed by atoms with Crippen molar-refractivity contribution < 1.29 is 0 Å². The lowest BCUT2D eigenvalue weighted by molar-refractivity contribution is 0.0293. The van der Waals surface area contributed by atoms with Crippen molar-refractivity contribution in [3.05, 3.63) is 0 Å². The molecule has 2 unspecified atom stereocenters. The fourth-order valence-electron chi connectivity index (χ4n) is 3.12. The molecular formula is C11H22N2. The highest BCUT2D eigenvalue weighted by molar-refractivity contribution is 4.93. The molecule has 2 nitrogen and oxygen atoms in total. The van der Waals surface area contributed by atoms with Gasteiger partial charge in [-0.1, -0.05) is 6.92 Å². The molecule has 0 aromatic heterocycles. The van der Waals surface area contributed by atoms with Crippen molar-refractivity contribution in [1.82, 2.24) is 10.2 Å². The summed E-state index contributed by atoms with van der Waals surface area (Å²) in [5.41, 5.74) is 0.651. The lowest BCUT2D eigenvalue weighted by Gasteiger charge is -2.48. The fraction of sp³-hybridized carbons (Fsp3) is 1.00. The first kappa shape index (κ1) is 9.47. The summed E-state index contributed by atoms with van der Waals surface area (Å²) in [5, 5.41) is 3.50. The summed E-state index contributed by atoms with van der Waals surface area (Å²) in [5.74, 6) is 0.865. The molecule has 13 heavy (non-hydrogen) atoms. The van der Waals surface area contributed by atoms with Crippen LogP contribution < -0.4 is 5.32 Å². The van der Waals surface area contributed by atoms with Gasteiger partial charge in [-0.05, 0) is 57.3 Å². The van der Waals surface area contributed by atoms with Gasteiger partial charge in [0.05, 0.1) is 0 Å². The summed E-state index contributed by atoms with van der Waals surface area (Å²) in [6, 6.07) is 0. The second-order valence-electron chi connectivity index (χ2n) is 5.06. The molecule has 0 amide bonds. The summed E-state index contributed by atoms with van der Waals surface area (Å²) in [6.45, 7) is 7.52. The van der Waals surface area contributed by atoms with Gasteiger partial charge in [-0.25, -0.2) is 0 Å². The molecule has 0 saturated carbocycles. The van der Waals surface area contributed by atoms with Gasteiger partial charge in [0.15, 0.2) is 0 Å². The normalized spacial score (nSPS) is 42.5. The largest absolute Gasteiger partial charge is 0.316 e. The van der Waals surface area contributed by atoms with Crippen LogP contribution >= 0.6 is 0 Å². The average Bonchev–Trinajstić information content (AvgIpc) is 2.11. The number of hydrogen-bond acceptors (Lipinski definition) is 2. The molecule has 2 fully saturated rings. The van der Waals surface area contributed by atoms with Crippen LogP contribution in [0.5, 0.6) is 0 Å². The fourth-order valence-corrected chi connectivity index (χ4v) is 3.12. The van der Waals surface area contributed by atoms with Crippen LogP contribution in [-0.4, -0.2) is 38.1 Å². The van der Waals surface area contributed by atoms with Gasteiger partial charge >= 0.3 is 0 Å².